The minimum Gasteiger partial charge on any atom is -0.472 e. The molecule has 23 heavy (non-hydrogen) atoms. The van der Waals surface area contributed by atoms with E-state index in [1.165, 1.54) is 12.5 Å². The summed E-state index contributed by atoms with van der Waals surface area (Å²) in [6.07, 6.45) is 4.69. The van der Waals surface area contributed by atoms with Crippen LogP contribution >= 0.6 is 0 Å². The molecule has 5 nitrogen and oxygen atoms in total. The van der Waals surface area contributed by atoms with E-state index < -0.39 is 0 Å². The third-order valence-electron chi connectivity index (χ3n) is 3.64. The second kappa shape index (κ2) is 5.46. The number of carbonyl (C=O) groups is 1. The summed E-state index contributed by atoms with van der Waals surface area (Å²) in [5, 5.41) is 2.83. The quantitative estimate of drug-likeness (QED) is 0.625. The van der Waals surface area contributed by atoms with Crippen LogP contribution < -0.4 is 5.32 Å². The summed E-state index contributed by atoms with van der Waals surface area (Å²) in [6, 6.07) is 17.2. The van der Waals surface area contributed by atoms with Gasteiger partial charge < -0.3 is 9.73 Å². The minimum absolute atomic E-state index is 0.195. The van der Waals surface area contributed by atoms with Gasteiger partial charge in [-0.3, -0.25) is 9.36 Å². The molecular weight excluding hydrogens is 290 g/mol. The fraction of sp³-hybridized carbons (Fsp3) is 0. The van der Waals surface area contributed by atoms with Gasteiger partial charge in [0.1, 0.15) is 12.6 Å². The van der Waals surface area contributed by atoms with Gasteiger partial charge in [-0.1, -0.05) is 12.1 Å². The van der Waals surface area contributed by atoms with Crippen LogP contribution in [0.15, 0.2) is 77.9 Å². The van der Waals surface area contributed by atoms with Crippen LogP contribution in [0, 0.1) is 0 Å². The highest BCUT2D eigenvalue weighted by Crippen LogP contribution is 2.20. The van der Waals surface area contributed by atoms with E-state index in [2.05, 4.69) is 10.3 Å². The van der Waals surface area contributed by atoms with Crippen molar-refractivity contribution in [1.82, 2.24) is 9.55 Å². The second-order valence-corrected chi connectivity index (χ2v) is 5.12. The molecule has 112 valence electrons. The maximum absolute atomic E-state index is 12.0. The van der Waals surface area contributed by atoms with E-state index in [1.807, 2.05) is 53.1 Å². The van der Waals surface area contributed by atoms with Gasteiger partial charge in [0.15, 0.2) is 0 Å². The van der Waals surface area contributed by atoms with E-state index in [9.17, 15) is 4.79 Å². The molecule has 2 aromatic carbocycles. The number of hydrogen-bond donors (Lipinski definition) is 1. The number of amides is 1. The molecule has 0 unspecified atom stereocenters. The van der Waals surface area contributed by atoms with Crippen molar-refractivity contribution >= 4 is 22.6 Å². The number of anilines is 1. The molecule has 1 amide bonds. The molecule has 0 spiro atoms. The fourth-order valence-corrected chi connectivity index (χ4v) is 2.47. The predicted octanol–water partition coefficient (Wildman–Crippen LogP) is 3.87. The number of carbonyl (C=O) groups excluding carboxylic acids is 1. The van der Waals surface area contributed by atoms with Gasteiger partial charge in [0.2, 0.25) is 0 Å². The topological polar surface area (TPSA) is 60.1 Å². The van der Waals surface area contributed by atoms with Gasteiger partial charge in [0.05, 0.1) is 22.9 Å². The smallest absolute Gasteiger partial charge is 0.258 e. The predicted molar refractivity (Wildman–Crippen MR) is 87.7 cm³/mol. The number of nitrogens with zero attached hydrogens (tertiary/aromatic N) is 2. The molecule has 5 heteroatoms. The zero-order valence-electron chi connectivity index (χ0n) is 12.1. The van der Waals surface area contributed by atoms with E-state index in [0.717, 1.165) is 22.4 Å². The van der Waals surface area contributed by atoms with Crippen molar-refractivity contribution in [1.29, 1.82) is 0 Å². The van der Waals surface area contributed by atoms with E-state index in [-0.39, 0.29) is 5.91 Å². The average Bonchev–Trinajstić information content (AvgIpc) is 3.25. The van der Waals surface area contributed by atoms with Gasteiger partial charge in [-0.25, -0.2) is 4.98 Å². The Morgan fingerprint density at radius 2 is 1.87 bits per heavy atom. The highest BCUT2D eigenvalue weighted by atomic mass is 16.3. The van der Waals surface area contributed by atoms with Crippen molar-refractivity contribution in [2.45, 2.75) is 0 Å². The number of imidazole rings is 1. The minimum atomic E-state index is -0.195. The molecular formula is C18H13N3O2. The maximum Gasteiger partial charge on any atom is 0.258 e. The monoisotopic (exact) mass is 303 g/mol. The van der Waals surface area contributed by atoms with Gasteiger partial charge in [-0.05, 0) is 42.5 Å². The molecule has 1 N–H and O–H groups in total. The van der Waals surface area contributed by atoms with E-state index in [4.69, 9.17) is 4.42 Å². The molecule has 0 aliphatic heterocycles. The third-order valence-corrected chi connectivity index (χ3v) is 3.64. The molecule has 2 aromatic heterocycles. The Morgan fingerprint density at radius 1 is 1.04 bits per heavy atom. The number of rotatable bonds is 3. The maximum atomic E-state index is 12.0. The highest BCUT2D eigenvalue weighted by molar-refractivity contribution is 6.04. The lowest BCUT2D eigenvalue weighted by molar-refractivity contribution is 0.102. The van der Waals surface area contributed by atoms with Crippen molar-refractivity contribution in [2.75, 3.05) is 5.32 Å². The van der Waals surface area contributed by atoms with Crippen molar-refractivity contribution in [3.63, 3.8) is 0 Å². The van der Waals surface area contributed by atoms with Gasteiger partial charge in [-0.2, -0.15) is 0 Å². The fourth-order valence-electron chi connectivity index (χ4n) is 2.47. The Kier molecular flexibility index (Phi) is 3.16. The lowest BCUT2D eigenvalue weighted by Crippen LogP contribution is -2.10. The van der Waals surface area contributed by atoms with Crippen LogP contribution in [0.1, 0.15) is 10.4 Å². The molecule has 4 aromatic rings. The van der Waals surface area contributed by atoms with Crippen molar-refractivity contribution in [2.24, 2.45) is 0 Å². The van der Waals surface area contributed by atoms with Crippen molar-refractivity contribution in [3.05, 3.63) is 79.0 Å². The van der Waals surface area contributed by atoms with E-state index in [1.54, 1.807) is 12.4 Å². The zero-order chi connectivity index (χ0) is 15.6. The summed E-state index contributed by atoms with van der Waals surface area (Å²) in [6.45, 7) is 0. The normalized spacial score (nSPS) is 10.8. The Morgan fingerprint density at radius 3 is 2.65 bits per heavy atom. The molecule has 4 rings (SSSR count). The number of furan rings is 1. The average molecular weight is 303 g/mol. The summed E-state index contributed by atoms with van der Waals surface area (Å²) in [5.41, 5.74) is 4.20. The molecule has 0 aliphatic rings. The van der Waals surface area contributed by atoms with Gasteiger partial charge in [0.25, 0.3) is 5.91 Å². The number of benzene rings is 2. The number of nitrogens with one attached hydrogen (secondary N) is 1. The van der Waals surface area contributed by atoms with Crippen LogP contribution in [0.4, 0.5) is 5.69 Å². The first-order chi connectivity index (χ1) is 11.3. The summed E-state index contributed by atoms with van der Waals surface area (Å²) in [5.74, 6) is -0.195. The number of hydrogen-bond acceptors (Lipinski definition) is 3. The molecule has 0 radical (unpaired) electrons. The van der Waals surface area contributed by atoms with Crippen LogP contribution in [0.2, 0.25) is 0 Å². The van der Waals surface area contributed by atoms with Gasteiger partial charge in [0, 0.05) is 11.4 Å². The lowest BCUT2D eigenvalue weighted by atomic mass is 10.2. The number of para-hydroxylation sites is 2. The highest BCUT2D eigenvalue weighted by Gasteiger charge is 2.08. The van der Waals surface area contributed by atoms with Crippen molar-refractivity contribution < 1.29 is 9.21 Å². The van der Waals surface area contributed by atoms with Gasteiger partial charge >= 0.3 is 0 Å². The third kappa shape index (κ3) is 2.48. The molecule has 0 aliphatic carbocycles. The molecule has 0 saturated carbocycles. The second-order valence-electron chi connectivity index (χ2n) is 5.12. The SMILES string of the molecule is O=C(Nc1ccc(-n2cnc3ccccc32)cc1)c1ccoc1. The van der Waals surface area contributed by atoms with Crippen LogP contribution in [-0.2, 0) is 0 Å². The van der Waals surface area contributed by atoms with E-state index in [0.29, 0.717) is 5.56 Å². The Bertz CT molecular complexity index is 954. The number of fused-ring (bicyclic) bond motifs is 1. The van der Waals surface area contributed by atoms with Crippen molar-refractivity contribution in [3.8, 4) is 5.69 Å². The van der Waals surface area contributed by atoms with E-state index >= 15 is 0 Å². The van der Waals surface area contributed by atoms with Crippen LogP contribution in [0.25, 0.3) is 16.7 Å². The molecule has 0 bridgehead atoms. The molecule has 0 saturated heterocycles. The Labute approximate surface area is 132 Å². The first-order valence-electron chi connectivity index (χ1n) is 7.17. The van der Waals surface area contributed by atoms with Crippen LogP contribution in [-0.4, -0.2) is 15.5 Å². The first-order valence-corrected chi connectivity index (χ1v) is 7.17. The number of aromatic nitrogens is 2. The largest absolute Gasteiger partial charge is 0.472 e. The first kappa shape index (κ1) is 13.3. The Balaban J connectivity index is 1.60. The summed E-state index contributed by atoms with van der Waals surface area (Å²) in [7, 11) is 0. The summed E-state index contributed by atoms with van der Waals surface area (Å²) >= 11 is 0. The molecule has 0 fully saturated rings. The van der Waals surface area contributed by atoms with Crippen LogP contribution in [0.5, 0.6) is 0 Å². The zero-order valence-corrected chi connectivity index (χ0v) is 12.1. The van der Waals surface area contributed by atoms with Crippen LogP contribution in [0.3, 0.4) is 0 Å². The van der Waals surface area contributed by atoms with Gasteiger partial charge in [-0.15, -0.1) is 0 Å². The molecule has 2 heterocycles. The standard InChI is InChI=1S/C18H13N3O2/c22-18(13-9-10-23-11-13)20-14-5-7-15(8-6-14)21-12-19-16-3-1-2-4-17(16)21/h1-12H,(H,20,22). The Hall–Kier alpha value is -3.34. The molecule has 0 atom stereocenters. The lowest BCUT2D eigenvalue weighted by Gasteiger charge is -2.07. The summed E-state index contributed by atoms with van der Waals surface area (Å²) < 4.78 is 6.92. The summed E-state index contributed by atoms with van der Waals surface area (Å²) in [4.78, 5) is 16.4.